The summed E-state index contributed by atoms with van der Waals surface area (Å²) < 4.78 is 18.8. The van der Waals surface area contributed by atoms with Crippen LogP contribution in [0.1, 0.15) is 26.3 Å². The number of rotatable bonds is 6. The molecule has 7 heteroatoms. The van der Waals surface area contributed by atoms with E-state index in [-0.39, 0.29) is 23.5 Å². The first-order valence-electron chi connectivity index (χ1n) is 8.92. The van der Waals surface area contributed by atoms with Crippen molar-refractivity contribution in [2.75, 3.05) is 33.3 Å². The van der Waals surface area contributed by atoms with Gasteiger partial charge in [0.1, 0.15) is 17.6 Å². The van der Waals surface area contributed by atoms with E-state index in [1.807, 2.05) is 13.8 Å². The van der Waals surface area contributed by atoms with Gasteiger partial charge in [-0.1, -0.05) is 13.8 Å². The molecular formula is C19H28FN3O3. The first kappa shape index (κ1) is 20.2. The Labute approximate surface area is 154 Å². The Kier molecular flexibility index (Phi) is 6.97. The maximum atomic E-state index is 13.5. The summed E-state index contributed by atoms with van der Waals surface area (Å²) >= 11 is 0. The van der Waals surface area contributed by atoms with Gasteiger partial charge in [0.25, 0.3) is 0 Å². The molecular weight excluding hydrogens is 337 g/mol. The molecule has 0 spiro atoms. The third-order valence-electron chi connectivity index (χ3n) is 4.61. The predicted molar refractivity (Wildman–Crippen MR) is 97.3 cm³/mol. The summed E-state index contributed by atoms with van der Waals surface area (Å²) in [6.07, 6.45) is 0. The van der Waals surface area contributed by atoms with Crippen LogP contribution in [-0.4, -0.2) is 60.9 Å². The van der Waals surface area contributed by atoms with Gasteiger partial charge in [-0.2, -0.15) is 0 Å². The van der Waals surface area contributed by atoms with Crippen LogP contribution in [0.4, 0.5) is 4.39 Å². The van der Waals surface area contributed by atoms with E-state index in [0.717, 1.165) is 5.56 Å². The standard InChI is InChI=1S/C19H28FN3O3/c1-13(2)18(21-14(3)24)19(25)23-9-7-22(8-10-23)12-15-11-16(20)5-6-17(15)26-4/h5-6,11,13,18H,7-10,12H2,1-4H3,(H,21,24)/t18-/m0/s1. The van der Waals surface area contributed by atoms with E-state index < -0.39 is 6.04 Å². The van der Waals surface area contributed by atoms with E-state index in [2.05, 4.69) is 10.2 Å². The number of nitrogens with zero attached hydrogens (tertiary/aromatic N) is 2. The Morgan fingerprint density at radius 3 is 2.42 bits per heavy atom. The number of piperazine rings is 1. The number of carbonyl (C=O) groups excluding carboxylic acids is 2. The molecule has 2 amide bonds. The lowest BCUT2D eigenvalue weighted by Crippen LogP contribution is -2.56. The summed E-state index contributed by atoms with van der Waals surface area (Å²) in [5, 5.41) is 2.75. The maximum Gasteiger partial charge on any atom is 0.245 e. The Morgan fingerprint density at radius 2 is 1.88 bits per heavy atom. The van der Waals surface area contributed by atoms with Gasteiger partial charge >= 0.3 is 0 Å². The first-order valence-corrected chi connectivity index (χ1v) is 8.92. The van der Waals surface area contributed by atoms with Gasteiger partial charge in [0.15, 0.2) is 0 Å². The zero-order valence-corrected chi connectivity index (χ0v) is 15.9. The minimum Gasteiger partial charge on any atom is -0.496 e. The fraction of sp³-hybridized carbons (Fsp3) is 0.579. The smallest absolute Gasteiger partial charge is 0.245 e. The number of methoxy groups -OCH3 is 1. The monoisotopic (exact) mass is 365 g/mol. The largest absolute Gasteiger partial charge is 0.496 e. The molecule has 2 rings (SSSR count). The van der Waals surface area contributed by atoms with Crippen LogP contribution in [0.15, 0.2) is 18.2 Å². The molecule has 26 heavy (non-hydrogen) atoms. The average molecular weight is 365 g/mol. The molecule has 1 aromatic rings. The quantitative estimate of drug-likeness (QED) is 0.833. The van der Waals surface area contributed by atoms with Gasteiger partial charge < -0.3 is 15.0 Å². The van der Waals surface area contributed by atoms with E-state index in [1.54, 1.807) is 18.1 Å². The van der Waals surface area contributed by atoms with E-state index >= 15 is 0 Å². The lowest BCUT2D eigenvalue weighted by atomic mass is 10.0. The minimum absolute atomic E-state index is 0.0287. The Hall–Kier alpha value is -2.15. The van der Waals surface area contributed by atoms with E-state index in [4.69, 9.17) is 4.74 Å². The topological polar surface area (TPSA) is 61.9 Å². The van der Waals surface area contributed by atoms with Crippen LogP contribution in [0.5, 0.6) is 5.75 Å². The predicted octanol–water partition coefficient (Wildman–Crippen LogP) is 1.64. The van der Waals surface area contributed by atoms with Crippen molar-refractivity contribution in [2.45, 2.75) is 33.4 Å². The maximum absolute atomic E-state index is 13.5. The highest BCUT2D eigenvalue weighted by Crippen LogP contribution is 2.22. The molecule has 1 fully saturated rings. The van der Waals surface area contributed by atoms with Crippen molar-refractivity contribution in [1.29, 1.82) is 0 Å². The second-order valence-corrected chi connectivity index (χ2v) is 6.98. The summed E-state index contributed by atoms with van der Waals surface area (Å²) in [6.45, 7) is 8.39. The lowest BCUT2D eigenvalue weighted by Gasteiger charge is -2.37. The van der Waals surface area contributed by atoms with Crippen LogP contribution < -0.4 is 10.1 Å². The van der Waals surface area contributed by atoms with Crippen LogP contribution in [-0.2, 0) is 16.1 Å². The van der Waals surface area contributed by atoms with Gasteiger partial charge in [-0.15, -0.1) is 0 Å². The average Bonchev–Trinajstić information content (AvgIpc) is 2.59. The highest BCUT2D eigenvalue weighted by atomic mass is 19.1. The minimum atomic E-state index is -0.498. The second kappa shape index (κ2) is 8.98. The van der Waals surface area contributed by atoms with Gasteiger partial charge in [0.2, 0.25) is 11.8 Å². The van der Waals surface area contributed by atoms with Crippen LogP contribution in [0.2, 0.25) is 0 Å². The van der Waals surface area contributed by atoms with Crippen LogP contribution >= 0.6 is 0 Å². The summed E-state index contributed by atoms with van der Waals surface area (Å²) in [5.74, 6) is 0.160. The Morgan fingerprint density at radius 1 is 1.23 bits per heavy atom. The molecule has 0 aliphatic carbocycles. The van der Waals surface area contributed by atoms with E-state index in [9.17, 15) is 14.0 Å². The van der Waals surface area contributed by atoms with Gasteiger partial charge in [-0.25, -0.2) is 4.39 Å². The second-order valence-electron chi connectivity index (χ2n) is 6.98. The Balaban J connectivity index is 1.95. The highest BCUT2D eigenvalue weighted by Gasteiger charge is 2.30. The van der Waals surface area contributed by atoms with Gasteiger partial charge in [0.05, 0.1) is 7.11 Å². The van der Waals surface area contributed by atoms with Crippen molar-refractivity contribution >= 4 is 11.8 Å². The van der Waals surface area contributed by atoms with Crippen molar-refractivity contribution in [3.05, 3.63) is 29.6 Å². The number of amides is 2. The highest BCUT2D eigenvalue weighted by molar-refractivity contribution is 5.87. The number of ether oxygens (including phenoxy) is 1. The van der Waals surface area contributed by atoms with Crippen LogP contribution in [0.3, 0.4) is 0 Å². The molecule has 1 atom stereocenters. The zero-order valence-electron chi connectivity index (χ0n) is 15.9. The summed E-state index contributed by atoms with van der Waals surface area (Å²) in [7, 11) is 1.57. The fourth-order valence-electron chi connectivity index (χ4n) is 3.17. The van der Waals surface area contributed by atoms with Crippen LogP contribution in [0.25, 0.3) is 0 Å². The van der Waals surface area contributed by atoms with Crippen molar-refractivity contribution < 1.29 is 18.7 Å². The number of carbonyl (C=O) groups is 2. The number of hydrogen-bond acceptors (Lipinski definition) is 4. The number of nitrogens with one attached hydrogen (secondary N) is 1. The lowest BCUT2D eigenvalue weighted by molar-refractivity contribution is -0.138. The molecule has 144 valence electrons. The first-order chi connectivity index (χ1) is 12.3. The van der Waals surface area contributed by atoms with E-state index in [1.165, 1.54) is 19.1 Å². The van der Waals surface area contributed by atoms with Gasteiger partial charge in [0, 0.05) is 45.2 Å². The molecule has 1 heterocycles. The SMILES string of the molecule is COc1ccc(F)cc1CN1CCN(C(=O)[C@@H](NC(C)=O)C(C)C)CC1. The number of halogens is 1. The van der Waals surface area contributed by atoms with Crippen molar-refractivity contribution in [1.82, 2.24) is 15.1 Å². The summed E-state index contributed by atoms with van der Waals surface area (Å²) in [5.41, 5.74) is 0.797. The van der Waals surface area contributed by atoms with Crippen molar-refractivity contribution in [2.24, 2.45) is 5.92 Å². The Bertz CT molecular complexity index is 643. The molecule has 1 aromatic carbocycles. The number of hydrogen-bond donors (Lipinski definition) is 1. The number of benzene rings is 1. The van der Waals surface area contributed by atoms with Gasteiger partial charge in [-0.05, 0) is 24.1 Å². The zero-order chi connectivity index (χ0) is 19.3. The summed E-state index contributed by atoms with van der Waals surface area (Å²) in [4.78, 5) is 28.0. The van der Waals surface area contributed by atoms with Crippen molar-refractivity contribution in [3.63, 3.8) is 0 Å². The molecule has 0 aromatic heterocycles. The molecule has 1 N–H and O–H groups in total. The molecule has 0 bridgehead atoms. The normalized spacial score (nSPS) is 16.5. The third-order valence-corrected chi connectivity index (χ3v) is 4.61. The molecule has 1 aliphatic rings. The molecule has 1 aliphatic heterocycles. The third kappa shape index (κ3) is 5.17. The van der Waals surface area contributed by atoms with Crippen LogP contribution in [0, 0.1) is 11.7 Å². The fourth-order valence-corrected chi connectivity index (χ4v) is 3.17. The summed E-state index contributed by atoms with van der Waals surface area (Å²) in [6, 6.07) is 4.00. The van der Waals surface area contributed by atoms with E-state index in [0.29, 0.717) is 38.5 Å². The molecule has 0 saturated carbocycles. The molecule has 1 saturated heterocycles. The van der Waals surface area contributed by atoms with Crippen molar-refractivity contribution in [3.8, 4) is 5.75 Å². The molecule has 6 nitrogen and oxygen atoms in total. The molecule has 0 radical (unpaired) electrons. The van der Waals surface area contributed by atoms with Gasteiger partial charge in [-0.3, -0.25) is 14.5 Å². The molecule has 0 unspecified atom stereocenters.